The van der Waals surface area contributed by atoms with Crippen molar-refractivity contribution in [2.75, 3.05) is 6.54 Å². The van der Waals surface area contributed by atoms with Crippen LogP contribution in [0, 0.1) is 6.92 Å². The van der Waals surface area contributed by atoms with E-state index >= 15 is 0 Å². The van der Waals surface area contributed by atoms with Crippen molar-refractivity contribution in [2.45, 2.75) is 51.7 Å². The van der Waals surface area contributed by atoms with E-state index in [1.807, 2.05) is 0 Å². The maximum atomic E-state index is 6.09. The lowest BCUT2D eigenvalue weighted by atomic mass is 9.88. The Balaban J connectivity index is 2.11. The van der Waals surface area contributed by atoms with Gasteiger partial charge in [0, 0.05) is 24.7 Å². The molecule has 94 valence electrons. The van der Waals surface area contributed by atoms with E-state index in [0.717, 1.165) is 19.5 Å². The lowest BCUT2D eigenvalue weighted by Crippen LogP contribution is -2.53. The van der Waals surface area contributed by atoms with E-state index in [1.165, 1.54) is 17.5 Å². The van der Waals surface area contributed by atoms with Crippen LogP contribution in [0.3, 0.4) is 0 Å². The van der Waals surface area contributed by atoms with Crippen LogP contribution in [0.15, 0.2) is 24.3 Å². The zero-order valence-corrected chi connectivity index (χ0v) is 11.2. The van der Waals surface area contributed by atoms with Gasteiger partial charge in [-0.1, -0.05) is 29.8 Å². The standard InChI is InChI=1S/C15H24N2/c1-12-5-4-6-13(9-12)10-17-11-14(16)7-8-15(17,2)3/h4-6,9,14H,7-8,10-11,16H2,1-3H3. The van der Waals surface area contributed by atoms with E-state index in [4.69, 9.17) is 5.73 Å². The number of rotatable bonds is 2. The van der Waals surface area contributed by atoms with Crippen LogP contribution in [0.2, 0.25) is 0 Å². The molecule has 2 N–H and O–H groups in total. The predicted octanol–water partition coefficient (Wildman–Crippen LogP) is 2.70. The molecule has 0 bridgehead atoms. The first-order valence-electron chi connectivity index (χ1n) is 6.53. The van der Waals surface area contributed by atoms with Gasteiger partial charge in [-0.3, -0.25) is 4.90 Å². The normalized spacial score (nSPS) is 24.8. The zero-order valence-electron chi connectivity index (χ0n) is 11.2. The molecule has 1 heterocycles. The lowest BCUT2D eigenvalue weighted by molar-refractivity contribution is 0.0585. The molecule has 0 radical (unpaired) electrons. The minimum atomic E-state index is 0.277. The molecule has 2 heteroatoms. The van der Waals surface area contributed by atoms with Gasteiger partial charge in [0.05, 0.1) is 0 Å². The Morgan fingerprint density at radius 1 is 1.41 bits per heavy atom. The van der Waals surface area contributed by atoms with Crippen molar-refractivity contribution < 1.29 is 0 Å². The summed E-state index contributed by atoms with van der Waals surface area (Å²) < 4.78 is 0. The van der Waals surface area contributed by atoms with Crippen LogP contribution in [0.4, 0.5) is 0 Å². The van der Waals surface area contributed by atoms with Gasteiger partial charge >= 0.3 is 0 Å². The van der Waals surface area contributed by atoms with Gasteiger partial charge in [-0.05, 0) is 39.2 Å². The SMILES string of the molecule is Cc1cccc(CN2CC(N)CCC2(C)C)c1. The van der Waals surface area contributed by atoms with E-state index in [2.05, 4.69) is 49.9 Å². The van der Waals surface area contributed by atoms with Crippen molar-refractivity contribution in [3.05, 3.63) is 35.4 Å². The molecule has 17 heavy (non-hydrogen) atoms. The number of likely N-dealkylation sites (tertiary alicyclic amines) is 1. The average Bonchev–Trinajstić information content (AvgIpc) is 2.24. The summed E-state index contributed by atoms with van der Waals surface area (Å²) in [6, 6.07) is 9.12. The van der Waals surface area contributed by atoms with Crippen LogP contribution < -0.4 is 5.73 Å². The number of benzene rings is 1. The summed E-state index contributed by atoms with van der Waals surface area (Å²) in [6.07, 6.45) is 2.34. The van der Waals surface area contributed by atoms with E-state index < -0.39 is 0 Å². The summed E-state index contributed by atoms with van der Waals surface area (Å²) >= 11 is 0. The molecule has 1 fully saturated rings. The number of hydrogen-bond acceptors (Lipinski definition) is 2. The molecule has 0 aliphatic carbocycles. The number of aryl methyl sites for hydroxylation is 1. The number of piperidine rings is 1. The van der Waals surface area contributed by atoms with Crippen molar-refractivity contribution in [1.82, 2.24) is 4.90 Å². The van der Waals surface area contributed by atoms with Crippen LogP contribution in [-0.2, 0) is 6.54 Å². The largest absolute Gasteiger partial charge is 0.327 e. The van der Waals surface area contributed by atoms with Crippen molar-refractivity contribution in [2.24, 2.45) is 5.73 Å². The molecular formula is C15H24N2. The molecule has 0 saturated carbocycles. The highest BCUT2D eigenvalue weighted by atomic mass is 15.2. The number of hydrogen-bond donors (Lipinski definition) is 1. The zero-order chi connectivity index (χ0) is 12.5. The summed E-state index contributed by atoms with van der Waals surface area (Å²) in [5, 5.41) is 0. The molecule has 1 aliphatic rings. The molecule has 0 spiro atoms. The fourth-order valence-electron chi connectivity index (χ4n) is 2.63. The first kappa shape index (κ1) is 12.6. The van der Waals surface area contributed by atoms with Gasteiger partial charge in [0.15, 0.2) is 0 Å². The summed E-state index contributed by atoms with van der Waals surface area (Å²) in [5.74, 6) is 0. The number of nitrogens with two attached hydrogens (primary N) is 1. The fraction of sp³-hybridized carbons (Fsp3) is 0.600. The highest BCUT2D eigenvalue weighted by Gasteiger charge is 2.32. The predicted molar refractivity (Wildman–Crippen MR) is 72.9 cm³/mol. The first-order valence-corrected chi connectivity index (χ1v) is 6.53. The van der Waals surface area contributed by atoms with Gasteiger partial charge in [-0.2, -0.15) is 0 Å². The summed E-state index contributed by atoms with van der Waals surface area (Å²) in [4.78, 5) is 2.52. The molecule has 1 aromatic rings. The Kier molecular flexibility index (Phi) is 3.55. The Morgan fingerprint density at radius 3 is 2.88 bits per heavy atom. The quantitative estimate of drug-likeness (QED) is 0.849. The van der Waals surface area contributed by atoms with Crippen LogP contribution in [-0.4, -0.2) is 23.0 Å². The Morgan fingerprint density at radius 2 is 2.18 bits per heavy atom. The first-order chi connectivity index (χ1) is 7.97. The van der Waals surface area contributed by atoms with Gasteiger partial charge in [0.25, 0.3) is 0 Å². The molecule has 0 amide bonds. The van der Waals surface area contributed by atoms with Gasteiger partial charge in [-0.25, -0.2) is 0 Å². The number of nitrogens with zero attached hydrogens (tertiary/aromatic N) is 1. The summed E-state index contributed by atoms with van der Waals surface area (Å²) in [6.45, 7) is 8.84. The highest BCUT2D eigenvalue weighted by molar-refractivity contribution is 5.22. The van der Waals surface area contributed by atoms with Crippen LogP contribution in [0.5, 0.6) is 0 Å². The molecule has 1 aliphatic heterocycles. The summed E-state index contributed by atoms with van der Waals surface area (Å²) in [7, 11) is 0. The Labute approximate surface area is 105 Å². The van der Waals surface area contributed by atoms with Gasteiger partial charge in [0.1, 0.15) is 0 Å². The molecule has 1 atom stereocenters. The lowest BCUT2D eigenvalue weighted by Gasteiger charge is -2.44. The maximum Gasteiger partial charge on any atom is 0.0239 e. The van der Waals surface area contributed by atoms with Crippen molar-refractivity contribution in [1.29, 1.82) is 0 Å². The second kappa shape index (κ2) is 4.79. The van der Waals surface area contributed by atoms with Gasteiger partial charge < -0.3 is 5.73 Å². The Bertz CT molecular complexity index is 384. The molecule has 1 saturated heterocycles. The van der Waals surface area contributed by atoms with Gasteiger partial charge in [-0.15, -0.1) is 0 Å². The molecule has 1 aromatic carbocycles. The van der Waals surface area contributed by atoms with E-state index in [-0.39, 0.29) is 5.54 Å². The van der Waals surface area contributed by atoms with Crippen LogP contribution >= 0.6 is 0 Å². The van der Waals surface area contributed by atoms with Crippen molar-refractivity contribution in [3.8, 4) is 0 Å². The third kappa shape index (κ3) is 3.08. The molecule has 0 aromatic heterocycles. The second-order valence-corrected chi connectivity index (χ2v) is 5.98. The monoisotopic (exact) mass is 232 g/mol. The Hall–Kier alpha value is -0.860. The van der Waals surface area contributed by atoms with Crippen molar-refractivity contribution >= 4 is 0 Å². The third-order valence-electron chi connectivity index (χ3n) is 3.89. The highest BCUT2D eigenvalue weighted by Crippen LogP contribution is 2.28. The maximum absolute atomic E-state index is 6.09. The van der Waals surface area contributed by atoms with Crippen LogP contribution in [0.1, 0.15) is 37.8 Å². The molecule has 2 nitrogen and oxygen atoms in total. The third-order valence-corrected chi connectivity index (χ3v) is 3.89. The summed E-state index contributed by atoms with van der Waals surface area (Å²) in [5.41, 5.74) is 9.10. The van der Waals surface area contributed by atoms with E-state index in [9.17, 15) is 0 Å². The molecule has 1 unspecified atom stereocenters. The molecule has 2 rings (SSSR count). The van der Waals surface area contributed by atoms with Gasteiger partial charge in [0.2, 0.25) is 0 Å². The minimum absolute atomic E-state index is 0.277. The van der Waals surface area contributed by atoms with E-state index in [0.29, 0.717) is 6.04 Å². The fourth-order valence-corrected chi connectivity index (χ4v) is 2.63. The average molecular weight is 232 g/mol. The van der Waals surface area contributed by atoms with Crippen LogP contribution in [0.25, 0.3) is 0 Å². The van der Waals surface area contributed by atoms with E-state index in [1.54, 1.807) is 0 Å². The molecular weight excluding hydrogens is 208 g/mol. The minimum Gasteiger partial charge on any atom is -0.327 e. The second-order valence-electron chi connectivity index (χ2n) is 5.98. The van der Waals surface area contributed by atoms with Crippen molar-refractivity contribution in [3.63, 3.8) is 0 Å². The smallest absolute Gasteiger partial charge is 0.0239 e. The topological polar surface area (TPSA) is 29.3 Å².